The summed E-state index contributed by atoms with van der Waals surface area (Å²) in [5, 5.41) is 0. The van der Waals surface area contributed by atoms with Crippen LogP contribution in [0.3, 0.4) is 0 Å². The third-order valence-corrected chi connectivity index (χ3v) is 0.558. The van der Waals surface area contributed by atoms with E-state index in [1.807, 2.05) is 0 Å². The van der Waals surface area contributed by atoms with Gasteiger partial charge in [0.2, 0.25) is 0 Å². The fourth-order valence-corrected chi connectivity index (χ4v) is 0.285. The maximum absolute atomic E-state index is 4.94. The molecular weight excluding hydrogens is 88.1 g/mol. The van der Waals surface area contributed by atoms with Crippen LogP contribution in [0, 0.1) is 13.5 Å². The van der Waals surface area contributed by atoms with E-state index in [0.717, 1.165) is 19.4 Å². The molecule has 0 fully saturated rings. The fraction of sp³-hybridized carbons (Fsp3) is 0.667. The molecule has 0 aliphatic heterocycles. The third-order valence-electron chi connectivity index (χ3n) is 0.558. The number of rotatable bonds is 4. The molecule has 0 spiro atoms. The lowest BCUT2D eigenvalue weighted by Crippen LogP contribution is -1.86. The van der Waals surface area contributed by atoms with Crippen LogP contribution in [0.25, 0.3) is 0 Å². The van der Waals surface area contributed by atoms with Crippen LogP contribution in [0.2, 0.25) is 0 Å². The minimum absolute atomic E-state index is 0.764. The zero-order chi connectivity index (χ0) is 5.54. The monoisotopic (exact) mass is 100 g/mol. The van der Waals surface area contributed by atoms with E-state index in [0.29, 0.717) is 0 Å². The Kier molecular flexibility index (Phi) is 5.93. The Morgan fingerprint density at radius 3 is 2.86 bits per heavy atom. The summed E-state index contributed by atoms with van der Waals surface area (Å²) in [6.07, 6.45) is 1.84. The molecule has 7 heavy (non-hydrogen) atoms. The van der Waals surface area contributed by atoms with E-state index in [9.17, 15) is 0 Å². The first-order valence-corrected chi connectivity index (χ1v) is 2.64. The Hall–Kier alpha value is -0.0400. The van der Waals surface area contributed by atoms with Crippen molar-refractivity contribution in [3.63, 3.8) is 0 Å². The van der Waals surface area contributed by atoms with Crippen molar-refractivity contribution in [3.05, 3.63) is 13.5 Å². The van der Waals surface area contributed by atoms with E-state index in [4.69, 9.17) is 4.74 Å². The standard InChI is InChI=1S/C6H12O/c1-3-5-7-6-4-2/h5H,1,3-4,6H2,2H3. The van der Waals surface area contributed by atoms with Gasteiger partial charge in [0.15, 0.2) is 0 Å². The molecule has 0 aromatic heterocycles. The highest BCUT2D eigenvalue weighted by molar-refractivity contribution is 4.49. The Labute approximate surface area is 45.7 Å². The first-order valence-electron chi connectivity index (χ1n) is 2.64. The quantitative estimate of drug-likeness (QED) is 0.489. The molecule has 0 heterocycles. The molecule has 0 saturated carbocycles. The Morgan fingerprint density at radius 2 is 2.43 bits per heavy atom. The van der Waals surface area contributed by atoms with Gasteiger partial charge in [-0.05, 0) is 12.8 Å². The molecule has 0 rings (SSSR count). The summed E-state index contributed by atoms with van der Waals surface area (Å²) in [7, 11) is 0. The summed E-state index contributed by atoms with van der Waals surface area (Å²) in [5.41, 5.74) is 0. The van der Waals surface area contributed by atoms with Crippen molar-refractivity contribution in [2.45, 2.75) is 19.8 Å². The first-order chi connectivity index (χ1) is 3.41. The second-order valence-electron chi connectivity index (χ2n) is 1.33. The van der Waals surface area contributed by atoms with Gasteiger partial charge in [-0.25, -0.2) is 0 Å². The van der Waals surface area contributed by atoms with Gasteiger partial charge in [-0.3, -0.25) is 0 Å². The van der Waals surface area contributed by atoms with Gasteiger partial charge in [-0.1, -0.05) is 13.8 Å². The van der Waals surface area contributed by atoms with Gasteiger partial charge in [0, 0.05) is 6.61 Å². The molecule has 0 aliphatic rings. The highest BCUT2D eigenvalue weighted by atomic mass is 16.5. The van der Waals surface area contributed by atoms with Crippen LogP contribution in [-0.2, 0) is 4.74 Å². The molecule has 0 amide bonds. The molecule has 0 aromatic carbocycles. The molecule has 1 nitrogen and oxygen atoms in total. The van der Waals surface area contributed by atoms with Gasteiger partial charge in [0.1, 0.15) is 0 Å². The van der Waals surface area contributed by atoms with Crippen LogP contribution in [0.4, 0.5) is 0 Å². The summed E-state index contributed by atoms with van der Waals surface area (Å²) < 4.78 is 4.94. The number of ether oxygens (including phenoxy) is 1. The lowest BCUT2D eigenvalue weighted by Gasteiger charge is -1.94. The normalized spacial score (nSPS) is 9.43. The molecule has 42 valence electrons. The summed E-state index contributed by atoms with van der Waals surface area (Å²) in [4.78, 5) is 0. The number of hydrogen-bond donors (Lipinski definition) is 0. The topological polar surface area (TPSA) is 9.23 Å². The van der Waals surface area contributed by atoms with E-state index in [2.05, 4.69) is 13.8 Å². The summed E-state index contributed by atoms with van der Waals surface area (Å²) >= 11 is 0. The largest absolute Gasteiger partial charge is 0.376 e. The Morgan fingerprint density at radius 1 is 1.71 bits per heavy atom. The van der Waals surface area contributed by atoms with E-state index < -0.39 is 0 Å². The molecule has 2 radical (unpaired) electrons. The lowest BCUT2D eigenvalue weighted by atomic mass is 10.5. The highest BCUT2D eigenvalue weighted by Crippen LogP contribution is 1.87. The molecule has 0 unspecified atom stereocenters. The Balaban J connectivity index is 2.45. The molecule has 0 N–H and O–H groups in total. The van der Waals surface area contributed by atoms with Gasteiger partial charge in [0.05, 0.1) is 6.61 Å². The van der Waals surface area contributed by atoms with Crippen LogP contribution >= 0.6 is 0 Å². The molecule has 0 saturated heterocycles. The van der Waals surface area contributed by atoms with Crippen molar-refractivity contribution in [2.24, 2.45) is 0 Å². The van der Waals surface area contributed by atoms with Gasteiger partial charge in [-0.15, -0.1) is 0 Å². The van der Waals surface area contributed by atoms with E-state index in [1.54, 1.807) is 6.61 Å². The smallest absolute Gasteiger partial charge is 0.0836 e. The lowest BCUT2D eigenvalue weighted by molar-refractivity contribution is 0.197. The van der Waals surface area contributed by atoms with Crippen LogP contribution in [-0.4, -0.2) is 6.61 Å². The van der Waals surface area contributed by atoms with Crippen molar-refractivity contribution in [2.75, 3.05) is 6.61 Å². The zero-order valence-corrected chi connectivity index (χ0v) is 4.81. The molecule has 0 atom stereocenters. The van der Waals surface area contributed by atoms with E-state index in [-0.39, 0.29) is 0 Å². The van der Waals surface area contributed by atoms with Crippen molar-refractivity contribution < 1.29 is 4.74 Å². The van der Waals surface area contributed by atoms with E-state index in [1.165, 1.54) is 0 Å². The van der Waals surface area contributed by atoms with E-state index >= 15 is 0 Å². The predicted molar refractivity (Wildman–Crippen MR) is 30.5 cm³/mol. The first kappa shape index (κ1) is 6.96. The second kappa shape index (κ2) is 5.96. The molecule has 0 aliphatic carbocycles. The average molecular weight is 100 g/mol. The third kappa shape index (κ3) is 5.96. The SMILES string of the molecule is [CH2]C[CH]OCCC. The van der Waals surface area contributed by atoms with Crippen LogP contribution in [0.5, 0.6) is 0 Å². The average Bonchev–Trinajstić information content (AvgIpc) is 1.69. The van der Waals surface area contributed by atoms with Crippen LogP contribution in [0.15, 0.2) is 0 Å². The number of hydrogen-bond acceptors (Lipinski definition) is 1. The molecule has 0 aromatic rings. The maximum Gasteiger partial charge on any atom is 0.0836 e. The molecular formula is C6H12O. The van der Waals surface area contributed by atoms with Gasteiger partial charge >= 0.3 is 0 Å². The highest BCUT2D eigenvalue weighted by Gasteiger charge is 1.79. The minimum atomic E-state index is 0.764. The summed E-state index contributed by atoms with van der Waals surface area (Å²) in [6.45, 7) is 8.21. The van der Waals surface area contributed by atoms with Crippen molar-refractivity contribution in [1.29, 1.82) is 0 Å². The van der Waals surface area contributed by atoms with Crippen molar-refractivity contribution >= 4 is 0 Å². The van der Waals surface area contributed by atoms with Crippen LogP contribution in [0.1, 0.15) is 19.8 Å². The fourth-order valence-electron chi connectivity index (χ4n) is 0.285. The Bertz CT molecular complexity index is 23.4. The van der Waals surface area contributed by atoms with Gasteiger partial charge in [0.25, 0.3) is 0 Å². The maximum atomic E-state index is 4.94. The molecule has 0 bridgehead atoms. The minimum Gasteiger partial charge on any atom is -0.376 e. The zero-order valence-electron chi connectivity index (χ0n) is 4.81. The predicted octanol–water partition coefficient (Wildman–Crippen LogP) is 1.80. The van der Waals surface area contributed by atoms with Crippen LogP contribution < -0.4 is 0 Å². The molecule has 1 heteroatoms. The van der Waals surface area contributed by atoms with Crippen molar-refractivity contribution in [3.8, 4) is 0 Å². The van der Waals surface area contributed by atoms with Crippen molar-refractivity contribution in [1.82, 2.24) is 0 Å². The van der Waals surface area contributed by atoms with Gasteiger partial charge in [-0.2, -0.15) is 0 Å². The summed E-state index contributed by atoms with van der Waals surface area (Å²) in [5.74, 6) is 0. The summed E-state index contributed by atoms with van der Waals surface area (Å²) in [6, 6.07) is 0. The second-order valence-corrected chi connectivity index (χ2v) is 1.33. The van der Waals surface area contributed by atoms with Gasteiger partial charge < -0.3 is 4.74 Å².